The van der Waals surface area contributed by atoms with Gasteiger partial charge in [-0.3, -0.25) is 10.1 Å². The van der Waals surface area contributed by atoms with Crippen molar-refractivity contribution in [2.45, 2.75) is 77.5 Å². The topological polar surface area (TPSA) is 32.3 Å². The van der Waals surface area contributed by atoms with Gasteiger partial charge in [-0.1, -0.05) is 20.3 Å². The first kappa shape index (κ1) is 12.9. The van der Waals surface area contributed by atoms with E-state index < -0.39 is 0 Å². The molecule has 1 saturated carbocycles. The summed E-state index contributed by atoms with van der Waals surface area (Å²) >= 11 is 0. The predicted octanol–water partition coefficient (Wildman–Crippen LogP) is 2.51. The molecule has 0 aromatic heterocycles. The van der Waals surface area contributed by atoms with Crippen molar-refractivity contribution in [3.8, 4) is 0 Å². The summed E-state index contributed by atoms with van der Waals surface area (Å²) in [4.78, 5) is 14.4. The van der Waals surface area contributed by atoms with E-state index >= 15 is 0 Å². The van der Waals surface area contributed by atoms with Crippen LogP contribution < -0.4 is 5.32 Å². The Morgan fingerprint density at radius 3 is 2.29 bits per heavy atom. The van der Waals surface area contributed by atoms with Crippen molar-refractivity contribution in [1.29, 1.82) is 0 Å². The molecule has 3 heteroatoms. The normalized spacial score (nSPS) is 38.8. The van der Waals surface area contributed by atoms with E-state index in [1.165, 1.54) is 32.1 Å². The average molecular weight is 238 g/mol. The summed E-state index contributed by atoms with van der Waals surface area (Å²) in [5.41, 5.74) is 0. The Hall–Kier alpha value is -0.570. The van der Waals surface area contributed by atoms with Crippen molar-refractivity contribution in [2.75, 3.05) is 0 Å². The Morgan fingerprint density at radius 1 is 1.18 bits per heavy atom. The van der Waals surface area contributed by atoms with Gasteiger partial charge in [0.05, 0.1) is 12.2 Å². The minimum Gasteiger partial charge on any atom is -0.323 e. The smallest absolute Gasteiger partial charge is 0.241 e. The van der Waals surface area contributed by atoms with Crippen LogP contribution in [0.2, 0.25) is 0 Å². The number of nitrogens with zero attached hydrogens (tertiary/aromatic N) is 1. The molecule has 1 aliphatic heterocycles. The van der Waals surface area contributed by atoms with E-state index in [0.29, 0.717) is 11.9 Å². The second-order valence-electron chi connectivity index (χ2n) is 5.63. The first-order valence-electron chi connectivity index (χ1n) is 7.25. The van der Waals surface area contributed by atoms with Crippen molar-refractivity contribution in [2.24, 2.45) is 5.92 Å². The number of hydrogen-bond acceptors (Lipinski definition) is 2. The number of nitrogens with one attached hydrogen (secondary N) is 1. The van der Waals surface area contributed by atoms with Gasteiger partial charge in [0.1, 0.15) is 0 Å². The zero-order chi connectivity index (χ0) is 12.4. The van der Waals surface area contributed by atoms with Gasteiger partial charge < -0.3 is 4.90 Å². The van der Waals surface area contributed by atoms with E-state index in [9.17, 15) is 4.79 Å². The van der Waals surface area contributed by atoms with Crippen LogP contribution in [0.1, 0.15) is 59.3 Å². The lowest BCUT2D eigenvalue weighted by atomic mass is 9.84. The second kappa shape index (κ2) is 5.38. The van der Waals surface area contributed by atoms with Gasteiger partial charge in [0.25, 0.3) is 0 Å². The fourth-order valence-corrected chi connectivity index (χ4v) is 3.43. The van der Waals surface area contributed by atoms with Gasteiger partial charge >= 0.3 is 0 Å². The van der Waals surface area contributed by atoms with Crippen LogP contribution in [0.5, 0.6) is 0 Å². The Balaban J connectivity index is 1.96. The standard InChI is InChI=1S/C14H26N2O/c1-4-11-6-8-12(9-7-11)16-10(3)15-13(5-2)14(16)17/h10-13,15H,4-9H2,1-3H3. The lowest BCUT2D eigenvalue weighted by Gasteiger charge is -2.36. The molecule has 0 bridgehead atoms. The highest BCUT2D eigenvalue weighted by atomic mass is 16.2. The van der Waals surface area contributed by atoms with Gasteiger partial charge in [-0.15, -0.1) is 0 Å². The Bertz CT molecular complexity index is 271. The highest BCUT2D eigenvalue weighted by Gasteiger charge is 2.40. The van der Waals surface area contributed by atoms with Crippen LogP contribution in [-0.2, 0) is 4.79 Å². The quantitative estimate of drug-likeness (QED) is 0.819. The highest BCUT2D eigenvalue weighted by Crippen LogP contribution is 2.32. The molecular weight excluding hydrogens is 212 g/mol. The predicted molar refractivity (Wildman–Crippen MR) is 69.6 cm³/mol. The monoisotopic (exact) mass is 238 g/mol. The van der Waals surface area contributed by atoms with Crippen molar-refractivity contribution in [1.82, 2.24) is 10.2 Å². The Morgan fingerprint density at radius 2 is 1.82 bits per heavy atom. The van der Waals surface area contributed by atoms with Crippen LogP contribution in [0.15, 0.2) is 0 Å². The molecule has 0 spiro atoms. The number of hydrogen-bond donors (Lipinski definition) is 1. The third-order valence-corrected chi connectivity index (χ3v) is 4.61. The number of carbonyl (C=O) groups excluding carboxylic acids is 1. The van der Waals surface area contributed by atoms with Crippen LogP contribution in [0, 0.1) is 5.92 Å². The molecule has 0 aromatic carbocycles. The van der Waals surface area contributed by atoms with E-state index in [2.05, 4.69) is 31.0 Å². The molecule has 2 atom stereocenters. The molecule has 1 amide bonds. The maximum absolute atomic E-state index is 12.3. The van der Waals surface area contributed by atoms with Crippen LogP contribution in [0.4, 0.5) is 0 Å². The Labute approximate surface area is 105 Å². The van der Waals surface area contributed by atoms with Crippen molar-refractivity contribution in [3.05, 3.63) is 0 Å². The molecule has 1 saturated heterocycles. The summed E-state index contributed by atoms with van der Waals surface area (Å²) < 4.78 is 0. The molecule has 1 heterocycles. The Kier molecular flexibility index (Phi) is 4.08. The molecule has 98 valence electrons. The molecule has 3 nitrogen and oxygen atoms in total. The zero-order valence-electron chi connectivity index (χ0n) is 11.4. The highest BCUT2D eigenvalue weighted by molar-refractivity contribution is 5.84. The average Bonchev–Trinajstić information content (AvgIpc) is 2.64. The molecule has 2 fully saturated rings. The summed E-state index contributed by atoms with van der Waals surface area (Å²) in [7, 11) is 0. The summed E-state index contributed by atoms with van der Waals surface area (Å²) in [6, 6.07) is 0.554. The summed E-state index contributed by atoms with van der Waals surface area (Å²) in [5.74, 6) is 1.23. The van der Waals surface area contributed by atoms with Gasteiger partial charge in [-0.05, 0) is 44.9 Å². The largest absolute Gasteiger partial charge is 0.323 e. The molecule has 2 aliphatic rings. The molecule has 0 radical (unpaired) electrons. The maximum Gasteiger partial charge on any atom is 0.241 e. The number of amides is 1. The van der Waals surface area contributed by atoms with Crippen molar-refractivity contribution < 1.29 is 4.79 Å². The summed E-state index contributed by atoms with van der Waals surface area (Å²) in [5, 5.41) is 3.40. The van der Waals surface area contributed by atoms with Crippen LogP contribution >= 0.6 is 0 Å². The van der Waals surface area contributed by atoms with E-state index in [-0.39, 0.29) is 12.2 Å². The van der Waals surface area contributed by atoms with Gasteiger partial charge in [-0.25, -0.2) is 0 Å². The van der Waals surface area contributed by atoms with Crippen LogP contribution in [0.3, 0.4) is 0 Å². The molecule has 0 aromatic rings. The molecule has 1 aliphatic carbocycles. The molecular formula is C14H26N2O. The molecule has 2 unspecified atom stereocenters. The fraction of sp³-hybridized carbons (Fsp3) is 0.929. The molecule has 17 heavy (non-hydrogen) atoms. The fourth-order valence-electron chi connectivity index (χ4n) is 3.43. The number of carbonyl (C=O) groups is 1. The van der Waals surface area contributed by atoms with Gasteiger partial charge in [0.2, 0.25) is 5.91 Å². The summed E-state index contributed by atoms with van der Waals surface area (Å²) in [6.07, 6.45) is 7.44. The first-order valence-corrected chi connectivity index (χ1v) is 7.25. The summed E-state index contributed by atoms with van der Waals surface area (Å²) in [6.45, 7) is 6.49. The minimum atomic E-state index is 0.0638. The van der Waals surface area contributed by atoms with E-state index in [0.717, 1.165) is 12.3 Å². The van der Waals surface area contributed by atoms with Crippen molar-refractivity contribution in [3.63, 3.8) is 0 Å². The van der Waals surface area contributed by atoms with Gasteiger partial charge in [0, 0.05) is 6.04 Å². The van der Waals surface area contributed by atoms with Gasteiger partial charge in [-0.2, -0.15) is 0 Å². The third-order valence-electron chi connectivity index (χ3n) is 4.61. The minimum absolute atomic E-state index is 0.0638. The van der Waals surface area contributed by atoms with Crippen LogP contribution in [-0.4, -0.2) is 29.1 Å². The van der Waals surface area contributed by atoms with E-state index in [1.54, 1.807) is 0 Å². The van der Waals surface area contributed by atoms with E-state index in [4.69, 9.17) is 0 Å². The second-order valence-corrected chi connectivity index (χ2v) is 5.63. The lowest BCUT2D eigenvalue weighted by molar-refractivity contribution is -0.132. The van der Waals surface area contributed by atoms with Gasteiger partial charge in [0.15, 0.2) is 0 Å². The number of rotatable bonds is 3. The molecule has 2 rings (SSSR count). The molecule has 1 N–H and O–H groups in total. The van der Waals surface area contributed by atoms with E-state index in [1.807, 2.05) is 0 Å². The van der Waals surface area contributed by atoms with Crippen molar-refractivity contribution >= 4 is 5.91 Å². The maximum atomic E-state index is 12.3. The SMILES string of the molecule is CCC1CCC(N2C(=O)C(CC)NC2C)CC1. The lowest BCUT2D eigenvalue weighted by Crippen LogP contribution is -2.44. The zero-order valence-corrected chi connectivity index (χ0v) is 11.4. The van der Waals surface area contributed by atoms with Crippen LogP contribution in [0.25, 0.3) is 0 Å². The first-order chi connectivity index (χ1) is 8.17. The third kappa shape index (κ3) is 2.49.